The molecule has 0 heterocycles. The van der Waals surface area contributed by atoms with E-state index in [1.165, 1.54) is 12.1 Å². The third-order valence-corrected chi connectivity index (χ3v) is 2.78. The van der Waals surface area contributed by atoms with E-state index in [1.807, 2.05) is 31.9 Å². The number of amides is 1. The molecular weight excluding hydrogens is 245 g/mol. The summed E-state index contributed by atoms with van der Waals surface area (Å²) in [6.45, 7) is 5.92. The Hall–Kier alpha value is -1.62. The molecule has 0 saturated carbocycles. The summed E-state index contributed by atoms with van der Waals surface area (Å²) in [5, 5.41) is 5.74. The molecule has 1 aromatic rings. The maximum absolute atomic E-state index is 13.6. The molecule has 106 valence electrons. The Morgan fingerprint density at radius 2 is 2.05 bits per heavy atom. The smallest absolute Gasteiger partial charge is 0.239 e. The number of nitrogens with zero attached hydrogens (tertiary/aromatic N) is 1. The monoisotopic (exact) mass is 267 g/mol. The second-order valence-electron chi connectivity index (χ2n) is 4.32. The van der Waals surface area contributed by atoms with Gasteiger partial charge in [0.15, 0.2) is 0 Å². The van der Waals surface area contributed by atoms with E-state index in [2.05, 4.69) is 10.6 Å². The molecule has 0 bridgehead atoms. The summed E-state index contributed by atoms with van der Waals surface area (Å²) in [4.78, 5) is 13.5. The fraction of sp³-hybridized carbons (Fsp3) is 0.500. The van der Waals surface area contributed by atoms with Crippen LogP contribution in [-0.2, 0) is 11.3 Å². The number of hydrogen-bond acceptors (Lipinski definition) is 3. The Balaban J connectivity index is 2.87. The number of benzene rings is 1. The maximum Gasteiger partial charge on any atom is 0.239 e. The van der Waals surface area contributed by atoms with Crippen LogP contribution in [0.2, 0.25) is 0 Å². The molecule has 0 saturated heterocycles. The summed E-state index contributed by atoms with van der Waals surface area (Å²) in [6.07, 6.45) is 0. The van der Waals surface area contributed by atoms with Gasteiger partial charge >= 0.3 is 0 Å². The van der Waals surface area contributed by atoms with E-state index >= 15 is 0 Å². The lowest BCUT2D eigenvalue weighted by Crippen LogP contribution is -2.37. The van der Waals surface area contributed by atoms with Gasteiger partial charge in [-0.25, -0.2) is 4.39 Å². The Bertz CT molecular complexity index is 423. The molecule has 2 N–H and O–H groups in total. The molecule has 1 amide bonds. The quantitative estimate of drug-likeness (QED) is 0.787. The SMILES string of the molecule is CCNC(=O)CN(CC)c1cc(F)cc(CNC)c1. The fourth-order valence-electron chi connectivity index (χ4n) is 1.93. The average Bonchev–Trinajstić information content (AvgIpc) is 2.36. The number of halogens is 1. The van der Waals surface area contributed by atoms with Gasteiger partial charge < -0.3 is 15.5 Å². The van der Waals surface area contributed by atoms with Crippen LogP contribution in [0, 0.1) is 5.82 Å². The first kappa shape index (κ1) is 15.4. The van der Waals surface area contributed by atoms with Crippen molar-refractivity contribution in [3.05, 3.63) is 29.6 Å². The summed E-state index contributed by atoms with van der Waals surface area (Å²) < 4.78 is 13.6. The topological polar surface area (TPSA) is 44.4 Å². The van der Waals surface area contributed by atoms with E-state index in [0.717, 1.165) is 11.3 Å². The maximum atomic E-state index is 13.6. The largest absolute Gasteiger partial charge is 0.362 e. The number of hydrogen-bond donors (Lipinski definition) is 2. The standard InChI is InChI=1S/C14H22FN3O/c1-4-17-14(19)10-18(5-2)13-7-11(9-16-3)6-12(15)8-13/h6-8,16H,4-5,9-10H2,1-3H3,(H,17,19). The minimum atomic E-state index is -0.280. The van der Waals surface area contributed by atoms with Crippen LogP contribution in [0.4, 0.5) is 10.1 Å². The number of carbonyl (C=O) groups is 1. The van der Waals surface area contributed by atoms with Crippen LogP contribution in [0.1, 0.15) is 19.4 Å². The lowest BCUT2D eigenvalue weighted by molar-refractivity contribution is -0.119. The Morgan fingerprint density at radius 1 is 1.32 bits per heavy atom. The zero-order valence-corrected chi connectivity index (χ0v) is 11.8. The van der Waals surface area contributed by atoms with E-state index < -0.39 is 0 Å². The number of rotatable bonds is 7. The number of anilines is 1. The van der Waals surface area contributed by atoms with Crippen LogP contribution in [0.5, 0.6) is 0 Å². The highest BCUT2D eigenvalue weighted by atomic mass is 19.1. The third-order valence-electron chi connectivity index (χ3n) is 2.78. The highest BCUT2D eigenvalue weighted by molar-refractivity contribution is 5.81. The lowest BCUT2D eigenvalue weighted by Gasteiger charge is -2.23. The first-order valence-corrected chi connectivity index (χ1v) is 6.56. The van der Waals surface area contributed by atoms with Crippen molar-refractivity contribution in [2.24, 2.45) is 0 Å². The van der Waals surface area contributed by atoms with E-state index in [-0.39, 0.29) is 18.3 Å². The minimum Gasteiger partial charge on any atom is -0.362 e. The molecule has 0 radical (unpaired) electrons. The molecular formula is C14H22FN3O. The summed E-state index contributed by atoms with van der Waals surface area (Å²) in [5.41, 5.74) is 1.60. The number of carbonyl (C=O) groups excluding carboxylic acids is 1. The van der Waals surface area contributed by atoms with Crippen molar-refractivity contribution < 1.29 is 9.18 Å². The van der Waals surface area contributed by atoms with Crippen molar-refractivity contribution >= 4 is 11.6 Å². The van der Waals surface area contributed by atoms with Crippen molar-refractivity contribution in [3.63, 3.8) is 0 Å². The van der Waals surface area contributed by atoms with Gasteiger partial charge in [-0.05, 0) is 44.7 Å². The zero-order chi connectivity index (χ0) is 14.3. The molecule has 19 heavy (non-hydrogen) atoms. The number of likely N-dealkylation sites (N-methyl/N-ethyl adjacent to an activating group) is 2. The molecule has 0 aromatic heterocycles. The molecule has 0 unspecified atom stereocenters. The van der Waals surface area contributed by atoms with Gasteiger partial charge in [0.05, 0.1) is 6.54 Å². The van der Waals surface area contributed by atoms with Crippen molar-refractivity contribution in [1.82, 2.24) is 10.6 Å². The van der Waals surface area contributed by atoms with Crippen molar-refractivity contribution in [2.45, 2.75) is 20.4 Å². The average molecular weight is 267 g/mol. The van der Waals surface area contributed by atoms with Crippen molar-refractivity contribution in [1.29, 1.82) is 0 Å². The van der Waals surface area contributed by atoms with Gasteiger partial charge in [-0.2, -0.15) is 0 Å². The van der Waals surface area contributed by atoms with Gasteiger partial charge in [0.1, 0.15) is 5.82 Å². The Morgan fingerprint density at radius 3 is 2.63 bits per heavy atom. The second kappa shape index (κ2) is 7.74. The van der Waals surface area contributed by atoms with E-state index in [0.29, 0.717) is 19.6 Å². The van der Waals surface area contributed by atoms with Crippen LogP contribution in [-0.4, -0.2) is 32.6 Å². The molecule has 0 spiro atoms. The molecule has 0 fully saturated rings. The van der Waals surface area contributed by atoms with E-state index in [9.17, 15) is 9.18 Å². The Labute approximate surface area is 114 Å². The highest BCUT2D eigenvalue weighted by Gasteiger charge is 2.11. The third kappa shape index (κ3) is 4.87. The molecule has 1 rings (SSSR count). The van der Waals surface area contributed by atoms with Gasteiger partial charge in [-0.1, -0.05) is 0 Å². The molecule has 5 heteroatoms. The lowest BCUT2D eigenvalue weighted by atomic mass is 10.1. The van der Waals surface area contributed by atoms with Crippen LogP contribution in [0.3, 0.4) is 0 Å². The van der Waals surface area contributed by atoms with Crippen LogP contribution >= 0.6 is 0 Å². The van der Waals surface area contributed by atoms with Gasteiger partial charge in [0.2, 0.25) is 5.91 Å². The minimum absolute atomic E-state index is 0.0521. The Kier molecular flexibility index (Phi) is 6.29. The predicted octanol–water partition coefficient (Wildman–Crippen LogP) is 1.51. The summed E-state index contributed by atoms with van der Waals surface area (Å²) in [6, 6.07) is 4.87. The molecule has 0 atom stereocenters. The van der Waals surface area contributed by atoms with Crippen LogP contribution < -0.4 is 15.5 Å². The molecule has 1 aromatic carbocycles. The fourth-order valence-corrected chi connectivity index (χ4v) is 1.93. The van der Waals surface area contributed by atoms with E-state index in [1.54, 1.807) is 0 Å². The van der Waals surface area contributed by atoms with Gasteiger partial charge in [0, 0.05) is 25.3 Å². The van der Waals surface area contributed by atoms with Gasteiger partial charge in [0.25, 0.3) is 0 Å². The first-order chi connectivity index (χ1) is 9.10. The van der Waals surface area contributed by atoms with Crippen LogP contribution in [0.15, 0.2) is 18.2 Å². The highest BCUT2D eigenvalue weighted by Crippen LogP contribution is 2.18. The predicted molar refractivity (Wildman–Crippen MR) is 75.7 cm³/mol. The van der Waals surface area contributed by atoms with Crippen LogP contribution in [0.25, 0.3) is 0 Å². The van der Waals surface area contributed by atoms with E-state index in [4.69, 9.17) is 0 Å². The molecule has 0 aliphatic carbocycles. The molecule has 0 aliphatic heterocycles. The number of nitrogens with one attached hydrogen (secondary N) is 2. The van der Waals surface area contributed by atoms with Crippen molar-refractivity contribution in [2.75, 3.05) is 31.6 Å². The zero-order valence-electron chi connectivity index (χ0n) is 11.8. The first-order valence-electron chi connectivity index (χ1n) is 6.56. The molecule has 4 nitrogen and oxygen atoms in total. The summed E-state index contributed by atoms with van der Waals surface area (Å²) >= 11 is 0. The summed E-state index contributed by atoms with van der Waals surface area (Å²) in [5.74, 6) is -0.333. The second-order valence-corrected chi connectivity index (χ2v) is 4.32. The van der Waals surface area contributed by atoms with Gasteiger partial charge in [-0.3, -0.25) is 4.79 Å². The molecule has 0 aliphatic rings. The van der Waals surface area contributed by atoms with Crippen molar-refractivity contribution in [3.8, 4) is 0 Å². The summed E-state index contributed by atoms with van der Waals surface area (Å²) in [7, 11) is 1.82. The van der Waals surface area contributed by atoms with Gasteiger partial charge in [-0.15, -0.1) is 0 Å². The normalized spacial score (nSPS) is 10.3.